The van der Waals surface area contributed by atoms with Crippen molar-refractivity contribution in [3.63, 3.8) is 0 Å². The Bertz CT molecular complexity index is 1150. The van der Waals surface area contributed by atoms with Gasteiger partial charge in [-0.15, -0.1) is 0 Å². The van der Waals surface area contributed by atoms with Crippen LogP contribution in [0.2, 0.25) is 0 Å². The summed E-state index contributed by atoms with van der Waals surface area (Å²) in [6.07, 6.45) is 15.8. The standard InChI is InChI=1S/C28H27N/c1-7-11-24-21(4)14-9-8-12-20(3)18-26-27(24)22(5)25-15-10-13-19(2)16-17-29-28(26)23(25)6/h7-18,22,27H,1-4,6H2,5H3/b12-8-,13-10?,14-9-,17-16?,24-11-,25-15?,26-18+,29-28?. The summed E-state index contributed by atoms with van der Waals surface area (Å²) in [4.78, 5) is 4.80. The normalized spacial score (nSPS) is 25.8. The fourth-order valence-electron chi connectivity index (χ4n) is 3.95. The molecule has 0 aromatic carbocycles. The van der Waals surface area contributed by atoms with E-state index >= 15 is 0 Å². The van der Waals surface area contributed by atoms with E-state index in [2.05, 4.69) is 58.0 Å². The maximum Gasteiger partial charge on any atom is 0.0737 e. The minimum absolute atomic E-state index is 0.0633. The highest BCUT2D eigenvalue weighted by molar-refractivity contribution is 5.76. The minimum atomic E-state index is 0.0633. The topological polar surface area (TPSA) is 12.9 Å². The lowest BCUT2D eigenvalue weighted by atomic mass is 9.70. The van der Waals surface area contributed by atoms with E-state index in [0.29, 0.717) is 0 Å². The first-order valence-corrected chi connectivity index (χ1v) is 9.72. The summed E-state index contributed by atoms with van der Waals surface area (Å²) < 4.78 is 0. The molecule has 2 aliphatic rings. The Morgan fingerprint density at radius 2 is 1.76 bits per heavy atom. The second-order valence-electron chi connectivity index (χ2n) is 7.37. The van der Waals surface area contributed by atoms with Gasteiger partial charge in [0.2, 0.25) is 0 Å². The Kier molecular flexibility index (Phi) is 6.09. The molecule has 0 saturated carbocycles. The summed E-state index contributed by atoms with van der Waals surface area (Å²) in [5, 5.41) is 1.84. The summed E-state index contributed by atoms with van der Waals surface area (Å²) in [7, 11) is 0. The number of hydrogen-bond acceptors (Lipinski definition) is 1. The van der Waals surface area contributed by atoms with Gasteiger partial charge in [0, 0.05) is 12.1 Å². The van der Waals surface area contributed by atoms with Crippen molar-refractivity contribution in [3.05, 3.63) is 131 Å². The third-order valence-electron chi connectivity index (χ3n) is 5.37. The predicted molar refractivity (Wildman–Crippen MR) is 127 cm³/mol. The third kappa shape index (κ3) is 4.20. The molecule has 0 fully saturated rings. The molecule has 144 valence electrons. The highest BCUT2D eigenvalue weighted by atomic mass is 14.7. The Balaban J connectivity index is 2.46. The number of fused-ring (bicyclic) bond motifs is 4. The second-order valence-corrected chi connectivity index (χ2v) is 7.37. The summed E-state index contributed by atoms with van der Waals surface area (Å²) >= 11 is 0. The average molecular weight is 378 g/mol. The smallest absolute Gasteiger partial charge is 0.0737 e. The van der Waals surface area contributed by atoms with E-state index in [-0.39, 0.29) is 11.8 Å². The summed E-state index contributed by atoms with van der Waals surface area (Å²) in [5.74, 6) is 0.245. The van der Waals surface area contributed by atoms with Crippen molar-refractivity contribution in [1.82, 2.24) is 4.98 Å². The van der Waals surface area contributed by atoms with Crippen LogP contribution in [0.15, 0.2) is 109 Å². The van der Waals surface area contributed by atoms with Crippen LogP contribution in [0, 0.1) is 5.92 Å². The molecule has 1 heteroatoms. The van der Waals surface area contributed by atoms with E-state index in [9.17, 15) is 0 Å². The molecule has 1 heterocycles. The first-order valence-electron chi connectivity index (χ1n) is 9.72. The lowest BCUT2D eigenvalue weighted by Gasteiger charge is -2.34. The minimum Gasteiger partial charge on any atom is -0.256 e. The molecule has 3 rings (SSSR count). The number of rotatable bonds is 1. The van der Waals surface area contributed by atoms with Crippen molar-refractivity contribution in [1.29, 1.82) is 0 Å². The quantitative estimate of drug-likeness (QED) is 0.630. The molecular weight excluding hydrogens is 350 g/mol. The molecule has 0 aliphatic heterocycles. The van der Waals surface area contributed by atoms with Crippen LogP contribution in [0.4, 0.5) is 0 Å². The van der Waals surface area contributed by atoms with Gasteiger partial charge in [0.1, 0.15) is 0 Å². The first-order chi connectivity index (χ1) is 13.9. The second kappa shape index (κ2) is 8.70. The van der Waals surface area contributed by atoms with Crippen LogP contribution in [-0.4, -0.2) is 4.98 Å². The molecule has 1 aromatic heterocycles. The molecule has 0 N–H and O–H groups in total. The Hall–Kier alpha value is -3.45. The monoisotopic (exact) mass is 377 g/mol. The van der Waals surface area contributed by atoms with Gasteiger partial charge in [-0.05, 0) is 56.4 Å². The molecule has 2 bridgehead atoms. The van der Waals surface area contributed by atoms with Gasteiger partial charge in [-0.1, -0.05) is 94.5 Å². The van der Waals surface area contributed by atoms with Crippen LogP contribution in [0.5, 0.6) is 0 Å². The largest absolute Gasteiger partial charge is 0.256 e. The third-order valence-corrected chi connectivity index (χ3v) is 5.37. The van der Waals surface area contributed by atoms with Gasteiger partial charge < -0.3 is 0 Å². The molecule has 1 aromatic rings. The summed E-state index contributed by atoms with van der Waals surface area (Å²) in [6, 6.07) is 8.05. The highest BCUT2D eigenvalue weighted by Crippen LogP contribution is 2.43. The zero-order chi connectivity index (χ0) is 21.0. The maximum absolute atomic E-state index is 4.80. The molecule has 0 amide bonds. The molecule has 2 atom stereocenters. The molecular formula is C28H27N. The van der Waals surface area contributed by atoms with Crippen LogP contribution in [0.1, 0.15) is 24.1 Å². The Labute approximate surface area is 173 Å². The first kappa shape index (κ1) is 20.3. The molecule has 0 spiro atoms. The fraction of sp³-hybridized carbons (Fsp3) is 0.107. The van der Waals surface area contributed by atoms with Gasteiger partial charge in [-0.25, -0.2) is 0 Å². The highest BCUT2D eigenvalue weighted by Gasteiger charge is 2.33. The van der Waals surface area contributed by atoms with Crippen molar-refractivity contribution < 1.29 is 0 Å². The van der Waals surface area contributed by atoms with Gasteiger partial charge in [-0.2, -0.15) is 0 Å². The zero-order valence-electron chi connectivity index (χ0n) is 17.1. The van der Waals surface area contributed by atoms with Gasteiger partial charge in [0.05, 0.1) is 5.69 Å². The number of aromatic nitrogens is 1. The lowest BCUT2D eigenvalue weighted by Crippen LogP contribution is -2.30. The average Bonchev–Trinajstić information content (AvgIpc) is 2.68. The number of allylic oxidation sites excluding steroid dienone is 11. The van der Waals surface area contributed by atoms with Crippen LogP contribution in [0.3, 0.4) is 0 Å². The Morgan fingerprint density at radius 1 is 1.00 bits per heavy atom. The molecule has 2 aliphatic carbocycles. The van der Waals surface area contributed by atoms with Crippen LogP contribution < -0.4 is 10.4 Å². The van der Waals surface area contributed by atoms with E-state index in [0.717, 1.165) is 44.0 Å². The summed E-state index contributed by atoms with van der Waals surface area (Å²) in [5.41, 5.74) is 6.14. The van der Waals surface area contributed by atoms with Crippen LogP contribution >= 0.6 is 0 Å². The van der Waals surface area contributed by atoms with Crippen LogP contribution in [-0.2, 0) is 0 Å². The van der Waals surface area contributed by atoms with Gasteiger partial charge in [-0.3, -0.25) is 4.98 Å². The molecule has 2 unspecified atom stereocenters. The lowest BCUT2D eigenvalue weighted by molar-refractivity contribution is 0.619. The summed E-state index contributed by atoms with van der Waals surface area (Å²) in [6.45, 7) is 23.1. The SMILES string of the molecule is C=C/C=C1/C(=C)/C=C\C=C/C(=C)/C=C2/c3nccc(=C)cccc(c3=C)C(C)C12. The van der Waals surface area contributed by atoms with Crippen molar-refractivity contribution in [2.45, 2.75) is 12.8 Å². The number of nitrogens with zero attached hydrogens (tertiary/aromatic N) is 1. The molecule has 0 saturated heterocycles. The Morgan fingerprint density at radius 3 is 2.52 bits per heavy atom. The van der Waals surface area contributed by atoms with E-state index in [4.69, 9.17) is 4.98 Å². The fourth-order valence-corrected chi connectivity index (χ4v) is 3.95. The van der Waals surface area contributed by atoms with E-state index in [1.807, 2.05) is 48.6 Å². The molecule has 29 heavy (non-hydrogen) atoms. The van der Waals surface area contributed by atoms with Crippen molar-refractivity contribution in [3.8, 4) is 0 Å². The van der Waals surface area contributed by atoms with Gasteiger partial charge >= 0.3 is 0 Å². The van der Waals surface area contributed by atoms with E-state index < -0.39 is 0 Å². The van der Waals surface area contributed by atoms with Crippen molar-refractivity contribution >= 4 is 18.7 Å². The number of hydrogen-bond donors (Lipinski definition) is 0. The van der Waals surface area contributed by atoms with E-state index in [1.54, 1.807) is 6.20 Å². The van der Waals surface area contributed by atoms with E-state index in [1.165, 1.54) is 0 Å². The van der Waals surface area contributed by atoms with Crippen LogP contribution in [0.25, 0.3) is 18.7 Å². The predicted octanol–water partition coefficient (Wildman–Crippen LogP) is 5.49. The molecule has 0 radical (unpaired) electrons. The van der Waals surface area contributed by atoms with Crippen molar-refractivity contribution in [2.24, 2.45) is 5.92 Å². The maximum atomic E-state index is 4.80. The molecule has 1 nitrogen and oxygen atoms in total. The van der Waals surface area contributed by atoms with Crippen molar-refractivity contribution in [2.75, 3.05) is 0 Å². The zero-order valence-corrected chi connectivity index (χ0v) is 17.1. The van der Waals surface area contributed by atoms with Gasteiger partial charge in [0.25, 0.3) is 0 Å². The van der Waals surface area contributed by atoms with Gasteiger partial charge in [0.15, 0.2) is 0 Å².